The van der Waals surface area contributed by atoms with E-state index in [4.69, 9.17) is 4.98 Å². The van der Waals surface area contributed by atoms with Crippen LogP contribution in [0.25, 0.3) is 0 Å². The summed E-state index contributed by atoms with van der Waals surface area (Å²) in [5, 5.41) is 2.96. The molecule has 2 atom stereocenters. The van der Waals surface area contributed by atoms with Crippen LogP contribution < -0.4 is 10.2 Å². The van der Waals surface area contributed by atoms with Crippen molar-refractivity contribution in [1.29, 1.82) is 0 Å². The summed E-state index contributed by atoms with van der Waals surface area (Å²) in [7, 11) is 2.24. The molecule has 0 aromatic carbocycles. The van der Waals surface area contributed by atoms with Gasteiger partial charge in [-0.05, 0) is 36.6 Å². The molecule has 6 heteroatoms. The third-order valence-corrected chi connectivity index (χ3v) is 6.10. The lowest BCUT2D eigenvalue weighted by molar-refractivity contribution is 0.00498. The summed E-state index contributed by atoms with van der Waals surface area (Å²) in [6.45, 7) is 14.1. The Balaban J connectivity index is 1.76. The second-order valence-corrected chi connectivity index (χ2v) is 10.2. The molecule has 4 rings (SSSR count). The maximum absolute atomic E-state index is 12.5. The van der Waals surface area contributed by atoms with Crippen LogP contribution in [0.3, 0.4) is 0 Å². The fourth-order valence-electron chi connectivity index (χ4n) is 5.88. The minimum absolute atomic E-state index is 0.0423. The second kappa shape index (κ2) is 6.43. The monoisotopic (exact) mass is 371 g/mol. The van der Waals surface area contributed by atoms with Crippen LogP contribution in [0.1, 0.15) is 56.0 Å². The smallest absolute Gasteiger partial charge is 0.270 e. The molecule has 1 aromatic heterocycles. The number of fused-ring (bicyclic) bond motifs is 3. The average molecular weight is 372 g/mol. The summed E-state index contributed by atoms with van der Waals surface area (Å²) in [5.74, 6) is 2.25. The van der Waals surface area contributed by atoms with Crippen molar-refractivity contribution >= 4 is 11.7 Å². The number of hydrogen-bond acceptors (Lipinski definition) is 5. The molecule has 2 saturated heterocycles. The zero-order chi connectivity index (χ0) is 19.4. The van der Waals surface area contributed by atoms with Crippen molar-refractivity contribution < 1.29 is 4.79 Å². The zero-order valence-electron chi connectivity index (χ0n) is 17.4. The Morgan fingerprint density at radius 3 is 2.41 bits per heavy atom. The van der Waals surface area contributed by atoms with Gasteiger partial charge in [0.15, 0.2) is 0 Å². The number of rotatable bonds is 3. The van der Waals surface area contributed by atoms with Crippen LogP contribution >= 0.6 is 0 Å². The molecule has 2 fully saturated rings. The zero-order valence-corrected chi connectivity index (χ0v) is 17.4. The average Bonchev–Trinajstić information content (AvgIpc) is 2.51. The lowest BCUT2D eigenvalue weighted by Gasteiger charge is -2.56. The molecule has 27 heavy (non-hydrogen) atoms. The predicted molar refractivity (Wildman–Crippen MR) is 107 cm³/mol. The molecular formula is C21H33N5O. The molecule has 3 aliphatic heterocycles. The molecule has 0 saturated carbocycles. The number of piperidine rings is 2. The first-order valence-electron chi connectivity index (χ1n) is 10.3. The first-order chi connectivity index (χ1) is 12.7. The van der Waals surface area contributed by atoms with E-state index in [2.05, 4.69) is 54.8 Å². The van der Waals surface area contributed by atoms with Crippen LogP contribution in [-0.2, 0) is 12.8 Å². The van der Waals surface area contributed by atoms with Gasteiger partial charge in [-0.15, -0.1) is 0 Å². The van der Waals surface area contributed by atoms with Crippen LogP contribution in [0.4, 0.5) is 5.82 Å². The van der Waals surface area contributed by atoms with E-state index in [0.29, 0.717) is 18.2 Å². The highest BCUT2D eigenvalue weighted by Crippen LogP contribution is 2.46. The molecule has 0 aliphatic carbocycles. The molecule has 4 heterocycles. The lowest BCUT2D eigenvalue weighted by atomic mass is 9.65. The van der Waals surface area contributed by atoms with Gasteiger partial charge in [-0.2, -0.15) is 0 Å². The number of nitrogens with one attached hydrogen (secondary N) is 1. The van der Waals surface area contributed by atoms with Crippen molar-refractivity contribution in [1.82, 2.24) is 20.2 Å². The molecule has 6 nitrogen and oxygen atoms in total. The number of likely N-dealkylation sites (tertiary alicyclic amines) is 1. The van der Waals surface area contributed by atoms with E-state index in [1.807, 2.05) is 0 Å². The standard InChI is InChI=1S/C21H33N5O/c1-14(2)8-16-23-17-15(6-7-22-19(17)27)18(24-16)26-12-20(3)9-21(4,13-26)11-25(5)10-20/h14H,6-13H2,1-5H3,(H,22,27). The Bertz CT molecular complexity index is 743. The highest BCUT2D eigenvalue weighted by atomic mass is 16.1. The van der Waals surface area contributed by atoms with E-state index in [-0.39, 0.29) is 16.7 Å². The minimum Gasteiger partial charge on any atom is -0.355 e. The van der Waals surface area contributed by atoms with Gasteiger partial charge in [-0.1, -0.05) is 27.7 Å². The minimum atomic E-state index is -0.0423. The van der Waals surface area contributed by atoms with Gasteiger partial charge >= 0.3 is 0 Å². The Labute approximate surface area is 162 Å². The Kier molecular flexibility index (Phi) is 4.45. The normalized spacial score (nSPS) is 31.0. The molecule has 1 amide bonds. The van der Waals surface area contributed by atoms with E-state index in [1.165, 1.54) is 6.42 Å². The van der Waals surface area contributed by atoms with Crippen LogP contribution in [0.2, 0.25) is 0 Å². The molecule has 3 aliphatic rings. The number of aromatic nitrogens is 2. The fraction of sp³-hybridized carbons (Fsp3) is 0.762. The van der Waals surface area contributed by atoms with Crippen LogP contribution in [0.15, 0.2) is 0 Å². The second-order valence-electron chi connectivity index (χ2n) is 10.2. The lowest BCUT2D eigenvalue weighted by Crippen LogP contribution is -2.62. The van der Waals surface area contributed by atoms with Gasteiger partial charge in [-0.3, -0.25) is 4.79 Å². The summed E-state index contributed by atoms with van der Waals surface area (Å²) < 4.78 is 0. The maximum Gasteiger partial charge on any atom is 0.270 e. The highest BCUT2D eigenvalue weighted by Gasteiger charge is 2.48. The number of hydrogen-bond donors (Lipinski definition) is 1. The summed E-state index contributed by atoms with van der Waals surface area (Å²) in [6.07, 6.45) is 2.88. The number of nitrogens with zero attached hydrogens (tertiary/aromatic N) is 4. The molecule has 0 spiro atoms. The van der Waals surface area contributed by atoms with Crippen molar-refractivity contribution in [2.24, 2.45) is 16.7 Å². The van der Waals surface area contributed by atoms with Crippen molar-refractivity contribution in [3.05, 3.63) is 17.1 Å². The third-order valence-electron chi connectivity index (χ3n) is 6.10. The van der Waals surface area contributed by atoms with Gasteiger partial charge in [-0.25, -0.2) is 9.97 Å². The van der Waals surface area contributed by atoms with Crippen LogP contribution in [0.5, 0.6) is 0 Å². The number of carbonyl (C=O) groups is 1. The topological polar surface area (TPSA) is 61.4 Å². The van der Waals surface area contributed by atoms with E-state index in [0.717, 1.165) is 56.2 Å². The molecule has 2 bridgehead atoms. The molecule has 148 valence electrons. The van der Waals surface area contributed by atoms with Crippen LogP contribution in [-0.4, -0.2) is 60.5 Å². The van der Waals surface area contributed by atoms with Gasteiger partial charge in [0.05, 0.1) is 0 Å². The fourth-order valence-corrected chi connectivity index (χ4v) is 5.88. The molecule has 0 radical (unpaired) electrons. The maximum atomic E-state index is 12.5. The molecule has 1 N–H and O–H groups in total. The number of carbonyl (C=O) groups excluding carboxylic acids is 1. The van der Waals surface area contributed by atoms with E-state index < -0.39 is 0 Å². The Morgan fingerprint density at radius 1 is 1.11 bits per heavy atom. The number of anilines is 1. The SMILES string of the molecule is CC(C)Cc1nc2c(c(N3CC4(C)CN(C)CC(C)(C3)C4)n1)CCNC2=O. The van der Waals surface area contributed by atoms with Crippen molar-refractivity contribution in [3.63, 3.8) is 0 Å². The van der Waals surface area contributed by atoms with E-state index >= 15 is 0 Å². The van der Waals surface area contributed by atoms with Gasteiger partial charge < -0.3 is 15.1 Å². The van der Waals surface area contributed by atoms with Gasteiger partial charge in [0, 0.05) is 44.7 Å². The summed E-state index contributed by atoms with van der Waals surface area (Å²) in [6, 6.07) is 0. The molecule has 2 unspecified atom stereocenters. The van der Waals surface area contributed by atoms with Gasteiger partial charge in [0.25, 0.3) is 5.91 Å². The molecule has 1 aromatic rings. The Hall–Kier alpha value is -1.69. The quantitative estimate of drug-likeness (QED) is 0.882. The van der Waals surface area contributed by atoms with Gasteiger partial charge in [0.1, 0.15) is 17.3 Å². The largest absolute Gasteiger partial charge is 0.355 e. The van der Waals surface area contributed by atoms with Crippen LogP contribution in [0, 0.1) is 16.7 Å². The first-order valence-corrected chi connectivity index (χ1v) is 10.3. The highest BCUT2D eigenvalue weighted by molar-refractivity contribution is 5.96. The third kappa shape index (κ3) is 3.56. The number of amides is 1. The summed E-state index contributed by atoms with van der Waals surface area (Å²) in [4.78, 5) is 27.1. The Morgan fingerprint density at radius 2 is 1.78 bits per heavy atom. The van der Waals surface area contributed by atoms with Gasteiger partial charge in [0.2, 0.25) is 0 Å². The summed E-state index contributed by atoms with van der Waals surface area (Å²) in [5.41, 5.74) is 2.16. The first kappa shape index (κ1) is 18.7. The van der Waals surface area contributed by atoms with Crippen molar-refractivity contribution in [2.75, 3.05) is 44.7 Å². The predicted octanol–water partition coefficient (Wildman–Crippen LogP) is 2.13. The summed E-state index contributed by atoms with van der Waals surface area (Å²) >= 11 is 0. The molecular weight excluding hydrogens is 338 g/mol. The van der Waals surface area contributed by atoms with E-state index in [1.54, 1.807) is 0 Å². The van der Waals surface area contributed by atoms with Crippen molar-refractivity contribution in [3.8, 4) is 0 Å². The van der Waals surface area contributed by atoms with Crippen molar-refractivity contribution in [2.45, 2.75) is 47.0 Å². The van der Waals surface area contributed by atoms with E-state index in [9.17, 15) is 4.79 Å².